The van der Waals surface area contributed by atoms with Crippen LogP contribution in [0.4, 0.5) is 0 Å². The maximum Gasteiger partial charge on any atom is 0.305 e. The third-order valence-corrected chi connectivity index (χ3v) is 5.60. The Kier molecular flexibility index (Phi) is 10.2. The largest absolute Gasteiger partial charge is 0.469 e. The number of unbranched alkanes of at least 4 members (excludes halogenated alkanes) is 2. The number of hydrogen-bond donors (Lipinski definition) is 2. The zero-order valence-corrected chi connectivity index (χ0v) is 17.2. The number of guanidine groups is 1. The van der Waals surface area contributed by atoms with Crippen LogP contribution in [0, 0.1) is 0 Å². The summed E-state index contributed by atoms with van der Waals surface area (Å²) in [5.41, 5.74) is 0. The van der Waals surface area contributed by atoms with Crippen molar-refractivity contribution in [2.75, 3.05) is 53.6 Å². The first kappa shape index (κ1) is 21.7. The molecule has 1 atom stereocenters. The number of rotatable bonds is 10. The molecule has 0 spiro atoms. The summed E-state index contributed by atoms with van der Waals surface area (Å²) in [6.07, 6.45) is 3.34. The van der Waals surface area contributed by atoms with Crippen LogP contribution in [0.25, 0.3) is 0 Å². The number of esters is 1. The van der Waals surface area contributed by atoms with Crippen molar-refractivity contribution in [1.29, 1.82) is 0 Å². The van der Waals surface area contributed by atoms with E-state index in [2.05, 4.69) is 42.8 Å². The van der Waals surface area contributed by atoms with Crippen molar-refractivity contribution in [1.82, 2.24) is 15.5 Å². The molecule has 1 saturated heterocycles. The predicted molar refractivity (Wildman–Crippen MR) is 109 cm³/mol. The fourth-order valence-electron chi connectivity index (χ4n) is 3.07. The molecule has 2 heterocycles. The fraction of sp³-hybridized carbons (Fsp3) is 0.684. The summed E-state index contributed by atoms with van der Waals surface area (Å²) in [5.74, 6) is 0.681. The summed E-state index contributed by atoms with van der Waals surface area (Å²) < 4.78 is 10.2. The number of methoxy groups -OCH3 is 1. The lowest BCUT2D eigenvalue weighted by atomic mass is 10.2. The second-order valence-corrected chi connectivity index (χ2v) is 7.43. The number of nitrogens with zero attached hydrogens (tertiary/aromatic N) is 2. The average molecular weight is 397 g/mol. The van der Waals surface area contributed by atoms with Crippen LogP contribution < -0.4 is 10.6 Å². The number of carbonyl (C=O) groups excluding carboxylic acids is 1. The second-order valence-electron chi connectivity index (χ2n) is 6.45. The van der Waals surface area contributed by atoms with E-state index in [0.717, 1.165) is 64.6 Å². The standard InChI is InChI=1S/C19H32N4O3S/c1-20-19(21-9-5-3-4-8-18(24)25-2)22-15-16(17-7-6-14-27-17)23-10-12-26-13-11-23/h6-7,14,16H,3-5,8-13,15H2,1-2H3,(H2,20,21,22). The van der Waals surface area contributed by atoms with Crippen molar-refractivity contribution >= 4 is 23.3 Å². The van der Waals surface area contributed by atoms with Gasteiger partial charge in [0.05, 0.1) is 26.4 Å². The lowest BCUT2D eigenvalue weighted by molar-refractivity contribution is -0.140. The van der Waals surface area contributed by atoms with E-state index < -0.39 is 0 Å². The molecule has 0 radical (unpaired) electrons. The predicted octanol–water partition coefficient (Wildman–Crippen LogP) is 2.02. The molecule has 7 nitrogen and oxygen atoms in total. The van der Waals surface area contributed by atoms with E-state index in [-0.39, 0.29) is 5.97 Å². The molecule has 2 N–H and O–H groups in total. The monoisotopic (exact) mass is 396 g/mol. The summed E-state index contributed by atoms with van der Waals surface area (Å²) in [6.45, 7) is 5.14. The normalized spacial score (nSPS) is 16.7. The third-order valence-electron chi connectivity index (χ3n) is 4.62. The van der Waals surface area contributed by atoms with Gasteiger partial charge in [-0.3, -0.25) is 14.7 Å². The number of aliphatic imine (C=N–C) groups is 1. The Hall–Kier alpha value is -1.64. The zero-order valence-electron chi connectivity index (χ0n) is 16.4. The lowest BCUT2D eigenvalue weighted by Gasteiger charge is -2.34. The minimum Gasteiger partial charge on any atom is -0.469 e. The average Bonchev–Trinajstić information content (AvgIpc) is 3.24. The Bertz CT molecular complexity index is 559. The first-order valence-electron chi connectivity index (χ1n) is 9.61. The van der Waals surface area contributed by atoms with E-state index in [4.69, 9.17) is 4.74 Å². The van der Waals surface area contributed by atoms with E-state index in [9.17, 15) is 4.79 Å². The van der Waals surface area contributed by atoms with Crippen LogP contribution in [-0.2, 0) is 14.3 Å². The molecular weight excluding hydrogens is 364 g/mol. The van der Waals surface area contributed by atoms with Crippen LogP contribution in [-0.4, -0.2) is 70.4 Å². The van der Waals surface area contributed by atoms with Crippen molar-refractivity contribution in [2.45, 2.75) is 31.7 Å². The van der Waals surface area contributed by atoms with Gasteiger partial charge in [0, 0.05) is 44.5 Å². The molecule has 1 unspecified atom stereocenters. The van der Waals surface area contributed by atoms with Crippen LogP contribution >= 0.6 is 11.3 Å². The van der Waals surface area contributed by atoms with Gasteiger partial charge in [0.2, 0.25) is 0 Å². The van der Waals surface area contributed by atoms with Gasteiger partial charge >= 0.3 is 5.97 Å². The Morgan fingerprint density at radius 1 is 1.33 bits per heavy atom. The molecule has 27 heavy (non-hydrogen) atoms. The Labute approximate surface area is 166 Å². The SMILES string of the molecule is CN=C(NCCCCCC(=O)OC)NCC(c1cccs1)N1CCOCC1. The lowest BCUT2D eigenvalue weighted by Crippen LogP contribution is -2.46. The van der Waals surface area contributed by atoms with Crippen molar-refractivity contribution in [3.63, 3.8) is 0 Å². The van der Waals surface area contributed by atoms with E-state index in [0.29, 0.717) is 12.5 Å². The molecule has 0 saturated carbocycles. The van der Waals surface area contributed by atoms with Gasteiger partial charge in [-0.15, -0.1) is 11.3 Å². The minimum atomic E-state index is -0.136. The molecule has 1 fully saturated rings. The highest BCUT2D eigenvalue weighted by atomic mass is 32.1. The third kappa shape index (κ3) is 7.86. The summed E-state index contributed by atoms with van der Waals surface area (Å²) in [4.78, 5) is 19.3. The molecule has 1 aromatic rings. The first-order valence-corrected chi connectivity index (χ1v) is 10.5. The van der Waals surface area contributed by atoms with Crippen LogP contribution in [0.1, 0.15) is 36.6 Å². The van der Waals surface area contributed by atoms with Gasteiger partial charge in [0.15, 0.2) is 5.96 Å². The van der Waals surface area contributed by atoms with Gasteiger partial charge in [0.1, 0.15) is 0 Å². The summed E-state index contributed by atoms with van der Waals surface area (Å²) in [7, 11) is 3.22. The van der Waals surface area contributed by atoms with Crippen LogP contribution in [0.3, 0.4) is 0 Å². The second kappa shape index (κ2) is 12.7. The highest BCUT2D eigenvalue weighted by Gasteiger charge is 2.23. The van der Waals surface area contributed by atoms with Crippen LogP contribution in [0.5, 0.6) is 0 Å². The van der Waals surface area contributed by atoms with E-state index >= 15 is 0 Å². The van der Waals surface area contributed by atoms with Crippen molar-refractivity contribution in [3.8, 4) is 0 Å². The molecule has 2 rings (SSSR count). The molecule has 152 valence electrons. The number of thiophene rings is 1. The molecule has 1 aromatic heterocycles. The van der Waals surface area contributed by atoms with Crippen molar-refractivity contribution in [2.24, 2.45) is 4.99 Å². The fourth-order valence-corrected chi connectivity index (χ4v) is 3.93. The van der Waals surface area contributed by atoms with Gasteiger partial charge in [-0.2, -0.15) is 0 Å². The van der Waals surface area contributed by atoms with Crippen LogP contribution in [0.15, 0.2) is 22.5 Å². The Morgan fingerprint density at radius 2 is 2.15 bits per heavy atom. The molecular formula is C19H32N4O3S. The zero-order chi connectivity index (χ0) is 19.3. The van der Waals surface area contributed by atoms with Crippen molar-refractivity contribution < 1.29 is 14.3 Å². The van der Waals surface area contributed by atoms with E-state index in [1.54, 1.807) is 18.4 Å². The van der Waals surface area contributed by atoms with Gasteiger partial charge < -0.3 is 20.1 Å². The quantitative estimate of drug-likeness (QED) is 0.273. The molecule has 0 amide bonds. The maximum absolute atomic E-state index is 11.1. The number of carbonyl (C=O) groups is 1. The van der Waals surface area contributed by atoms with E-state index in [1.807, 2.05) is 0 Å². The van der Waals surface area contributed by atoms with Gasteiger partial charge in [0.25, 0.3) is 0 Å². The summed E-state index contributed by atoms with van der Waals surface area (Å²) >= 11 is 1.79. The smallest absolute Gasteiger partial charge is 0.305 e. The highest BCUT2D eigenvalue weighted by Crippen LogP contribution is 2.25. The molecule has 1 aliphatic heterocycles. The van der Waals surface area contributed by atoms with E-state index in [1.165, 1.54) is 12.0 Å². The number of hydrogen-bond acceptors (Lipinski definition) is 6. The first-order chi connectivity index (χ1) is 13.2. The molecule has 0 aliphatic carbocycles. The highest BCUT2D eigenvalue weighted by molar-refractivity contribution is 7.10. The number of morpholine rings is 1. The van der Waals surface area contributed by atoms with Crippen LogP contribution in [0.2, 0.25) is 0 Å². The maximum atomic E-state index is 11.1. The van der Waals surface area contributed by atoms with Gasteiger partial charge in [-0.1, -0.05) is 12.5 Å². The number of ether oxygens (including phenoxy) is 2. The summed E-state index contributed by atoms with van der Waals surface area (Å²) in [6, 6.07) is 4.63. The van der Waals surface area contributed by atoms with Crippen molar-refractivity contribution in [3.05, 3.63) is 22.4 Å². The molecule has 0 aromatic carbocycles. The minimum absolute atomic E-state index is 0.136. The van der Waals surface area contributed by atoms with Gasteiger partial charge in [-0.25, -0.2) is 0 Å². The topological polar surface area (TPSA) is 75.2 Å². The van der Waals surface area contributed by atoms with Gasteiger partial charge in [-0.05, 0) is 24.3 Å². The Morgan fingerprint density at radius 3 is 2.81 bits per heavy atom. The summed E-state index contributed by atoms with van der Waals surface area (Å²) in [5, 5.41) is 8.95. The number of nitrogens with one attached hydrogen (secondary N) is 2. The molecule has 8 heteroatoms. The molecule has 0 bridgehead atoms. The molecule has 1 aliphatic rings. The Balaban J connectivity index is 1.73.